The zero-order valence-electron chi connectivity index (χ0n) is 12.2. The highest BCUT2D eigenvalue weighted by molar-refractivity contribution is 5.87. The van der Waals surface area contributed by atoms with E-state index in [4.69, 9.17) is 4.74 Å². The average molecular weight is 287 g/mol. The molecule has 0 aliphatic carbocycles. The van der Waals surface area contributed by atoms with Crippen LogP contribution in [0.2, 0.25) is 0 Å². The van der Waals surface area contributed by atoms with Crippen LogP contribution in [0.3, 0.4) is 0 Å². The van der Waals surface area contributed by atoms with Crippen molar-refractivity contribution >= 4 is 12.0 Å². The van der Waals surface area contributed by atoms with E-state index >= 15 is 0 Å². The fourth-order valence-electron chi connectivity index (χ4n) is 3.43. The lowest BCUT2D eigenvalue weighted by Crippen LogP contribution is -2.45. The number of benzene rings is 1. The van der Waals surface area contributed by atoms with Gasteiger partial charge < -0.3 is 9.84 Å². The monoisotopic (exact) mass is 287 g/mol. The summed E-state index contributed by atoms with van der Waals surface area (Å²) < 4.78 is 5.53. The van der Waals surface area contributed by atoms with Crippen LogP contribution in [0.4, 0.5) is 0 Å². The summed E-state index contributed by atoms with van der Waals surface area (Å²) in [5.74, 6) is -0.303. The first kappa shape index (κ1) is 14.3. The van der Waals surface area contributed by atoms with Crippen LogP contribution in [-0.2, 0) is 9.53 Å². The van der Waals surface area contributed by atoms with Crippen LogP contribution < -0.4 is 0 Å². The number of carbonyl (C=O) groups excluding carboxylic acids is 1. The molecule has 0 spiro atoms. The molecule has 2 fully saturated rings. The number of hydrogen-bond acceptors (Lipinski definition) is 4. The van der Waals surface area contributed by atoms with E-state index in [9.17, 15) is 9.90 Å². The summed E-state index contributed by atoms with van der Waals surface area (Å²) in [6, 6.07) is 10.1. The van der Waals surface area contributed by atoms with Gasteiger partial charge in [-0.2, -0.15) is 0 Å². The fraction of sp³-hybridized carbons (Fsp3) is 0.471. The molecule has 0 unspecified atom stereocenters. The van der Waals surface area contributed by atoms with Crippen molar-refractivity contribution in [3.63, 3.8) is 0 Å². The normalized spacial score (nSPS) is 32.5. The Hall–Kier alpha value is -1.65. The Balaban J connectivity index is 1.56. The lowest BCUT2D eigenvalue weighted by atomic mass is 10.0. The van der Waals surface area contributed by atoms with Crippen molar-refractivity contribution in [1.29, 1.82) is 0 Å². The molecule has 0 radical (unpaired) electrons. The summed E-state index contributed by atoms with van der Waals surface area (Å²) in [5, 5.41) is 9.98. The number of ether oxygens (including phenoxy) is 1. The quantitative estimate of drug-likeness (QED) is 0.681. The molecule has 2 bridgehead atoms. The average Bonchev–Trinajstić information content (AvgIpc) is 2.65. The van der Waals surface area contributed by atoms with E-state index in [1.807, 2.05) is 37.4 Å². The van der Waals surface area contributed by atoms with Gasteiger partial charge in [-0.25, -0.2) is 4.79 Å². The molecule has 2 heterocycles. The molecule has 2 aliphatic rings. The lowest BCUT2D eigenvalue weighted by molar-refractivity contribution is -0.146. The first-order chi connectivity index (χ1) is 10.1. The topological polar surface area (TPSA) is 49.8 Å². The third-order valence-corrected chi connectivity index (χ3v) is 4.59. The van der Waals surface area contributed by atoms with Gasteiger partial charge in [0.25, 0.3) is 0 Å². The van der Waals surface area contributed by atoms with Crippen LogP contribution in [-0.4, -0.2) is 47.3 Å². The van der Waals surface area contributed by atoms with Crippen molar-refractivity contribution in [1.82, 2.24) is 4.90 Å². The predicted octanol–water partition coefficient (Wildman–Crippen LogP) is 1.84. The minimum absolute atomic E-state index is 0.0822. The molecule has 4 nitrogen and oxygen atoms in total. The summed E-state index contributed by atoms with van der Waals surface area (Å²) in [6.07, 6.45) is 5.19. The van der Waals surface area contributed by atoms with Gasteiger partial charge in [0, 0.05) is 31.0 Å². The second-order valence-electron chi connectivity index (χ2n) is 5.96. The van der Waals surface area contributed by atoms with E-state index in [1.54, 1.807) is 6.08 Å². The van der Waals surface area contributed by atoms with Gasteiger partial charge in [0.2, 0.25) is 0 Å². The Bertz CT molecular complexity index is 528. The van der Waals surface area contributed by atoms with Crippen molar-refractivity contribution in [3.8, 4) is 0 Å². The number of piperidine rings is 1. The van der Waals surface area contributed by atoms with Crippen LogP contribution in [0.1, 0.15) is 24.8 Å². The van der Waals surface area contributed by atoms with Crippen molar-refractivity contribution < 1.29 is 14.6 Å². The van der Waals surface area contributed by atoms with Gasteiger partial charge in [-0.3, -0.25) is 4.90 Å². The highest BCUT2D eigenvalue weighted by Crippen LogP contribution is 2.35. The molecule has 4 atom stereocenters. The molecule has 1 N–H and O–H groups in total. The third kappa shape index (κ3) is 3.17. The molecule has 1 aromatic rings. The molecule has 3 rings (SSSR count). The van der Waals surface area contributed by atoms with Gasteiger partial charge >= 0.3 is 5.97 Å². The largest absolute Gasteiger partial charge is 0.459 e. The number of esters is 1. The summed E-state index contributed by atoms with van der Waals surface area (Å²) in [6.45, 7) is 0. The number of fused-ring (bicyclic) bond motifs is 2. The Kier molecular flexibility index (Phi) is 4.08. The summed E-state index contributed by atoms with van der Waals surface area (Å²) >= 11 is 0. The summed E-state index contributed by atoms with van der Waals surface area (Å²) in [7, 11) is 2.04. The molecule has 21 heavy (non-hydrogen) atoms. The third-order valence-electron chi connectivity index (χ3n) is 4.59. The van der Waals surface area contributed by atoms with Crippen molar-refractivity contribution in [3.05, 3.63) is 42.0 Å². The predicted molar refractivity (Wildman–Crippen MR) is 80.6 cm³/mol. The zero-order valence-corrected chi connectivity index (χ0v) is 12.2. The molecular formula is C17H21NO3. The van der Waals surface area contributed by atoms with Gasteiger partial charge in [0.1, 0.15) is 6.10 Å². The first-order valence-corrected chi connectivity index (χ1v) is 7.47. The molecule has 112 valence electrons. The zero-order chi connectivity index (χ0) is 14.8. The number of aliphatic hydroxyl groups is 1. The van der Waals surface area contributed by atoms with Crippen molar-refractivity contribution in [2.45, 2.75) is 43.6 Å². The Labute approximate surface area is 125 Å². The molecular weight excluding hydrogens is 266 g/mol. The number of nitrogens with zero attached hydrogens (tertiary/aromatic N) is 1. The van der Waals surface area contributed by atoms with Crippen LogP contribution >= 0.6 is 0 Å². The van der Waals surface area contributed by atoms with Gasteiger partial charge in [-0.05, 0) is 25.1 Å². The number of aliphatic hydroxyl groups excluding tert-OH is 1. The van der Waals surface area contributed by atoms with Crippen LogP contribution in [0, 0.1) is 0 Å². The number of likely N-dealkylation sites (N-methyl/N-ethyl adjacent to an activating group) is 1. The van der Waals surface area contributed by atoms with E-state index in [0.717, 1.165) is 24.8 Å². The van der Waals surface area contributed by atoms with Crippen LogP contribution in [0.15, 0.2) is 36.4 Å². The van der Waals surface area contributed by atoms with E-state index in [2.05, 4.69) is 4.90 Å². The highest BCUT2D eigenvalue weighted by atomic mass is 16.5. The van der Waals surface area contributed by atoms with Gasteiger partial charge in [-0.15, -0.1) is 0 Å². The minimum atomic E-state index is -0.303. The van der Waals surface area contributed by atoms with Gasteiger partial charge in [-0.1, -0.05) is 30.3 Å². The van der Waals surface area contributed by atoms with E-state index < -0.39 is 0 Å². The van der Waals surface area contributed by atoms with Crippen LogP contribution in [0.25, 0.3) is 6.08 Å². The summed E-state index contributed by atoms with van der Waals surface area (Å²) in [5.41, 5.74) is 0.980. The number of carbonyl (C=O) groups is 1. The maximum absolute atomic E-state index is 11.9. The molecule has 0 amide bonds. The van der Waals surface area contributed by atoms with E-state index in [1.165, 1.54) is 6.08 Å². The number of rotatable bonds is 3. The Morgan fingerprint density at radius 2 is 2.05 bits per heavy atom. The minimum Gasteiger partial charge on any atom is -0.459 e. The molecule has 0 aromatic heterocycles. The van der Waals surface area contributed by atoms with Gasteiger partial charge in [0.05, 0.1) is 6.10 Å². The molecule has 0 saturated carbocycles. The van der Waals surface area contributed by atoms with E-state index in [0.29, 0.717) is 6.04 Å². The SMILES string of the molecule is CN1[C@H]2C[C@H](OC(=O)C=Cc3ccccc3)C[C@@H]1[C@@H](O)C2. The second-order valence-corrected chi connectivity index (χ2v) is 5.96. The standard InChI is InChI=1S/C17H21NO3/c1-18-13-9-14(11-15(18)16(19)10-13)21-17(20)8-7-12-5-3-2-4-6-12/h2-8,13-16,19H,9-11H2,1H3/t13-,14-,15+,16-/m0/s1. The molecule has 2 aliphatic heterocycles. The van der Waals surface area contributed by atoms with E-state index in [-0.39, 0.29) is 24.2 Å². The van der Waals surface area contributed by atoms with Crippen molar-refractivity contribution in [2.24, 2.45) is 0 Å². The smallest absolute Gasteiger partial charge is 0.331 e. The first-order valence-electron chi connectivity index (χ1n) is 7.47. The molecule has 1 aromatic carbocycles. The lowest BCUT2D eigenvalue weighted by Gasteiger charge is -2.35. The molecule has 4 heteroatoms. The summed E-state index contributed by atoms with van der Waals surface area (Å²) in [4.78, 5) is 14.1. The maximum Gasteiger partial charge on any atom is 0.331 e. The Morgan fingerprint density at radius 3 is 2.76 bits per heavy atom. The Morgan fingerprint density at radius 1 is 1.29 bits per heavy atom. The van der Waals surface area contributed by atoms with Crippen LogP contribution in [0.5, 0.6) is 0 Å². The second kappa shape index (κ2) is 6.00. The van der Waals surface area contributed by atoms with Gasteiger partial charge in [0.15, 0.2) is 0 Å². The number of hydrogen-bond donors (Lipinski definition) is 1. The van der Waals surface area contributed by atoms with Crippen molar-refractivity contribution in [2.75, 3.05) is 7.05 Å². The maximum atomic E-state index is 11.9. The molecule has 2 saturated heterocycles. The fourth-order valence-corrected chi connectivity index (χ4v) is 3.43. The highest BCUT2D eigenvalue weighted by Gasteiger charge is 2.45.